The average Bonchev–Trinajstić information content (AvgIpc) is 2.55. The number of aryl methyl sites for hydroxylation is 1. The maximum absolute atomic E-state index is 3.45. The zero-order chi connectivity index (χ0) is 10.4. The molecule has 0 saturated heterocycles. The van der Waals surface area contributed by atoms with Crippen LogP contribution in [-0.4, -0.2) is 11.1 Å². The summed E-state index contributed by atoms with van der Waals surface area (Å²) in [4.78, 5) is 0. The first kappa shape index (κ1) is 9.66. The summed E-state index contributed by atoms with van der Waals surface area (Å²) < 4.78 is 3.72. The predicted octanol–water partition coefficient (Wildman–Crippen LogP) is 2.43. The number of halogens is 1. The van der Waals surface area contributed by atoms with Crippen molar-refractivity contribution in [2.75, 3.05) is 6.54 Å². The van der Waals surface area contributed by atoms with E-state index in [1.54, 1.807) is 0 Å². The van der Waals surface area contributed by atoms with Gasteiger partial charge in [0.1, 0.15) is 0 Å². The summed E-state index contributed by atoms with van der Waals surface area (Å²) in [5, 5.41) is 4.87. The van der Waals surface area contributed by atoms with Crippen molar-refractivity contribution < 1.29 is 0 Å². The second kappa shape index (κ2) is 3.49. The number of para-hydroxylation sites is 1. The summed E-state index contributed by atoms with van der Waals surface area (Å²) in [5.74, 6) is 0. The Balaban J connectivity index is 2.44. The zero-order valence-corrected chi connectivity index (χ0v) is 10.8. The molecule has 3 rings (SSSR count). The lowest BCUT2D eigenvalue weighted by Gasteiger charge is -2.14. The third-order valence-corrected chi connectivity index (χ3v) is 4.11. The van der Waals surface area contributed by atoms with Crippen LogP contribution in [0.25, 0.3) is 10.9 Å². The number of nitrogens with zero attached hydrogens (tertiary/aromatic N) is 1. The van der Waals surface area contributed by atoms with E-state index < -0.39 is 0 Å². The summed E-state index contributed by atoms with van der Waals surface area (Å²) in [6.07, 6.45) is 1.15. The van der Waals surface area contributed by atoms with Crippen LogP contribution in [0.3, 0.4) is 0 Å². The minimum Gasteiger partial charge on any atom is -0.346 e. The Bertz CT molecular complexity index is 528. The van der Waals surface area contributed by atoms with Crippen LogP contribution in [0.5, 0.6) is 0 Å². The van der Waals surface area contributed by atoms with Crippen molar-refractivity contribution in [1.29, 1.82) is 0 Å². The molecule has 0 spiro atoms. The molecule has 2 nitrogen and oxygen atoms in total. The number of aromatic nitrogens is 1. The highest BCUT2D eigenvalue weighted by Crippen LogP contribution is 2.30. The van der Waals surface area contributed by atoms with Gasteiger partial charge in [-0.05, 0) is 34.2 Å². The Morgan fingerprint density at radius 2 is 2.27 bits per heavy atom. The lowest BCUT2D eigenvalue weighted by molar-refractivity contribution is 0.622. The van der Waals surface area contributed by atoms with Gasteiger partial charge in [-0.15, -0.1) is 0 Å². The number of nitrogens with one attached hydrogen (secondary N) is 1. The second-order valence-corrected chi connectivity index (χ2v) is 5.21. The second-order valence-electron chi connectivity index (χ2n) is 4.05. The van der Waals surface area contributed by atoms with Crippen LogP contribution in [0.15, 0.2) is 18.2 Å². The quantitative estimate of drug-likeness (QED) is 0.739. The molecule has 0 radical (unpaired) electrons. The number of hydrogen-bond donors (Lipinski definition) is 1. The summed E-state index contributed by atoms with van der Waals surface area (Å²) in [6.45, 7) is 2.13. The van der Waals surface area contributed by atoms with Crippen LogP contribution in [0.1, 0.15) is 11.3 Å². The molecule has 78 valence electrons. The van der Waals surface area contributed by atoms with Crippen molar-refractivity contribution in [1.82, 2.24) is 9.88 Å². The van der Waals surface area contributed by atoms with Gasteiger partial charge in [-0.1, -0.05) is 12.1 Å². The molecule has 15 heavy (non-hydrogen) atoms. The van der Waals surface area contributed by atoms with Crippen LogP contribution in [0, 0.1) is 3.57 Å². The van der Waals surface area contributed by atoms with Gasteiger partial charge < -0.3 is 9.88 Å². The molecule has 1 aromatic carbocycles. The molecule has 1 aromatic heterocycles. The van der Waals surface area contributed by atoms with Crippen molar-refractivity contribution in [3.8, 4) is 0 Å². The van der Waals surface area contributed by atoms with E-state index in [9.17, 15) is 0 Å². The molecule has 2 aromatic rings. The van der Waals surface area contributed by atoms with Gasteiger partial charge >= 0.3 is 0 Å². The van der Waals surface area contributed by atoms with Crippen LogP contribution in [-0.2, 0) is 20.0 Å². The first-order valence-corrected chi connectivity index (χ1v) is 6.32. The number of hydrogen-bond acceptors (Lipinski definition) is 1. The zero-order valence-electron chi connectivity index (χ0n) is 8.68. The van der Waals surface area contributed by atoms with Gasteiger partial charge in [0.25, 0.3) is 0 Å². The maximum Gasteiger partial charge on any atom is 0.0618 e. The minimum absolute atomic E-state index is 1.02. The molecule has 0 amide bonds. The predicted molar refractivity (Wildman–Crippen MR) is 71.0 cm³/mol. The highest BCUT2D eigenvalue weighted by atomic mass is 127. The number of benzene rings is 1. The standard InChI is InChI=1S/C12H13IN2/c1-15-11-5-6-14-7-9(11)8-3-2-4-10(13)12(8)15/h2-4,14H,5-7H2,1H3. The van der Waals surface area contributed by atoms with Gasteiger partial charge in [0.15, 0.2) is 0 Å². The van der Waals surface area contributed by atoms with Gasteiger partial charge in [-0.2, -0.15) is 0 Å². The van der Waals surface area contributed by atoms with Crippen molar-refractivity contribution in [2.45, 2.75) is 13.0 Å². The Hall–Kier alpha value is -0.550. The Morgan fingerprint density at radius 1 is 1.40 bits per heavy atom. The SMILES string of the molecule is Cn1c2c(c3cccc(I)c31)CNCC2. The molecule has 0 bridgehead atoms. The molecular formula is C12H13IN2. The van der Waals surface area contributed by atoms with Gasteiger partial charge in [0.05, 0.1) is 5.52 Å². The van der Waals surface area contributed by atoms with Crippen LogP contribution in [0.2, 0.25) is 0 Å². The molecule has 0 unspecified atom stereocenters. The Morgan fingerprint density at radius 3 is 3.13 bits per heavy atom. The molecule has 2 heterocycles. The Labute approximate surface area is 103 Å². The smallest absolute Gasteiger partial charge is 0.0618 e. The van der Waals surface area contributed by atoms with Gasteiger partial charge in [-0.25, -0.2) is 0 Å². The molecule has 1 aliphatic rings. The van der Waals surface area contributed by atoms with E-state index in [0.29, 0.717) is 0 Å². The molecule has 0 atom stereocenters. The monoisotopic (exact) mass is 312 g/mol. The van der Waals surface area contributed by atoms with Crippen molar-refractivity contribution >= 4 is 33.5 Å². The average molecular weight is 312 g/mol. The van der Waals surface area contributed by atoms with Crippen LogP contribution >= 0.6 is 22.6 Å². The lowest BCUT2D eigenvalue weighted by atomic mass is 10.1. The van der Waals surface area contributed by atoms with Crippen molar-refractivity contribution in [2.24, 2.45) is 7.05 Å². The van der Waals surface area contributed by atoms with Gasteiger partial charge in [0.2, 0.25) is 0 Å². The normalized spacial score (nSPS) is 15.6. The summed E-state index contributed by atoms with van der Waals surface area (Å²) in [5.41, 5.74) is 4.40. The topological polar surface area (TPSA) is 17.0 Å². The van der Waals surface area contributed by atoms with Crippen LogP contribution in [0.4, 0.5) is 0 Å². The molecule has 1 aliphatic heterocycles. The molecule has 1 N–H and O–H groups in total. The van der Waals surface area contributed by atoms with Crippen LogP contribution < -0.4 is 5.32 Å². The fraction of sp³-hybridized carbons (Fsp3) is 0.333. The fourth-order valence-electron chi connectivity index (χ4n) is 2.53. The molecule has 0 fully saturated rings. The van der Waals surface area contributed by atoms with Gasteiger partial charge in [-0.3, -0.25) is 0 Å². The van der Waals surface area contributed by atoms with E-state index in [4.69, 9.17) is 0 Å². The molecule has 3 heteroatoms. The third kappa shape index (κ3) is 1.33. The van der Waals surface area contributed by atoms with E-state index in [1.807, 2.05) is 0 Å². The van der Waals surface area contributed by atoms with Crippen molar-refractivity contribution in [3.63, 3.8) is 0 Å². The van der Waals surface area contributed by atoms with E-state index in [0.717, 1.165) is 19.5 Å². The van der Waals surface area contributed by atoms with Gasteiger partial charge in [0, 0.05) is 41.2 Å². The van der Waals surface area contributed by atoms with E-state index in [1.165, 1.54) is 25.7 Å². The molecule has 0 saturated carbocycles. The van der Waals surface area contributed by atoms with Crippen molar-refractivity contribution in [3.05, 3.63) is 33.0 Å². The van der Waals surface area contributed by atoms with E-state index >= 15 is 0 Å². The highest BCUT2D eigenvalue weighted by Gasteiger charge is 2.18. The fourth-order valence-corrected chi connectivity index (χ4v) is 3.39. The highest BCUT2D eigenvalue weighted by molar-refractivity contribution is 14.1. The third-order valence-electron chi connectivity index (χ3n) is 3.24. The lowest BCUT2D eigenvalue weighted by Crippen LogP contribution is -2.24. The summed E-state index contributed by atoms with van der Waals surface area (Å²) >= 11 is 2.43. The number of rotatable bonds is 0. The minimum atomic E-state index is 1.02. The van der Waals surface area contributed by atoms with E-state index in [-0.39, 0.29) is 0 Å². The number of fused-ring (bicyclic) bond motifs is 3. The summed E-state index contributed by atoms with van der Waals surface area (Å²) in [6, 6.07) is 6.57. The summed E-state index contributed by atoms with van der Waals surface area (Å²) in [7, 11) is 2.19. The molecular weight excluding hydrogens is 299 g/mol. The Kier molecular flexibility index (Phi) is 2.25. The molecule has 0 aliphatic carbocycles. The maximum atomic E-state index is 3.45. The first-order valence-electron chi connectivity index (χ1n) is 5.24. The first-order chi connectivity index (χ1) is 7.29. The largest absolute Gasteiger partial charge is 0.346 e. The van der Waals surface area contributed by atoms with E-state index in [2.05, 4.69) is 57.7 Å².